The number of nitrogens with one attached hydrogen (secondary N) is 2. The Balaban J connectivity index is 1.68. The fourth-order valence-corrected chi connectivity index (χ4v) is 2.78. The summed E-state index contributed by atoms with van der Waals surface area (Å²) in [5.74, 6) is 1.98. The molecule has 0 bridgehead atoms. The first-order valence-corrected chi connectivity index (χ1v) is 8.70. The van der Waals surface area contributed by atoms with Gasteiger partial charge in [0.05, 0.1) is 6.54 Å². The van der Waals surface area contributed by atoms with Crippen LogP contribution in [0.4, 0.5) is 0 Å². The predicted molar refractivity (Wildman–Crippen MR) is 93.3 cm³/mol. The molecule has 2 aromatic rings. The maximum atomic E-state index is 4.61. The minimum Gasteiger partial charge on any atom is -0.357 e. The summed E-state index contributed by atoms with van der Waals surface area (Å²) in [7, 11) is 0. The van der Waals surface area contributed by atoms with Gasteiger partial charge >= 0.3 is 0 Å². The van der Waals surface area contributed by atoms with Crippen molar-refractivity contribution in [2.75, 3.05) is 13.1 Å². The quantitative estimate of drug-likeness (QED) is 0.447. The Morgan fingerprint density at radius 1 is 1.36 bits per heavy atom. The molecule has 0 unspecified atom stereocenters. The van der Waals surface area contributed by atoms with Crippen molar-refractivity contribution in [1.82, 2.24) is 20.2 Å². The van der Waals surface area contributed by atoms with Gasteiger partial charge in [-0.1, -0.05) is 6.07 Å². The zero-order chi connectivity index (χ0) is 15.6. The molecule has 0 aliphatic carbocycles. The van der Waals surface area contributed by atoms with Crippen molar-refractivity contribution in [1.29, 1.82) is 0 Å². The highest BCUT2D eigenvalue weighted by Crippen LogP contribution is 2.09. The Labute approximate surface area is 136 Å². The zero-order valence-corrected chi connectivity index (χ0v) is 14.2. The molecule has 6 heteroatoms. The second kappa shape index (κ2) is 9.25. The molecule has 2 N–H and O–H groups in total. The topological polar surface area (TPSA) is 54.2 Å². The van der Waals surface area contributed by atoms with Crippen molar-refractivity contribution in [3.05, 3.63) is 40.6 Å². The van der Waals surface area contributed by atoms with E-state index in [2.05, 4.69) is 49.6 Å². The molecule has 0 saturated heterocycles. The number of aliphatic imine (C=N–C) groups is 1. The lowest BCUT2D eigenvalue weighted by atomic mass is 10.3. The van der Waals surface area contributed by atoms with Crippen LogP contribution in [0.25, 0.3) is 0 Å². The maximum absolute atomic E-state index is 4.61. The number of hydrogen-bond donors (Lipinski definition) is 2. The van der Waals surface area contributed by atoms with Gasteiger partial charge in [-0.05, 0) is 38.1 Å². The Kier molecular flexibility index (Phi) is 6.96. The van der Waals surface area contributed by atoms with Crippen molar-refractivity contribution in [3.8, 4) is 0 Å². The molecule has 0 aliphatic heterocycles. The van der Waals surface area contributed by atoms with Gasteiger partial charge in [-0.25, -0.2) is 9.98 Å². The minimum absolute atomic E-state index is 0.737. The summed E-state index contributed by atoms with van der Waals surface area (Å²) < 4.78 is 2.19. The van der Waals surface area contributed by atoms with Gasteiger partial charge in [0.15, 0.2) is 5.96 Å². The average molecular weight is 319 g/mol. The number of rotatable bonds is 8. The van der Waals surface area contributed by atoms with Gasteiger partial charge < -0.3 is 15.2 Å². The van der Waals surface area contributed by atoms with E-state index in [0.717, 1.165) is 50.8 Å². The third-order valence-electron chi connectivity index (χ3n) is 3.36. The number of imidazole rings is 1. The van der Waals surface area contributed by atoms with E-state index < -0.39 is 0 Å². The summed E-state index contributed by atoms with van der Waals surface area (Å²) in [6.07, 6.45) is 6.14. The summed E-state index contributed by atoms with van der Waals surface area (Å²) in [6, 6.07) is 4.18. The Morgan fingerprint density at radius 3 is 2.95 bits per heavy atom. The molecule has 22 heavy (non-hydrogen) atoms. The van der Waals surface area contributed by atoms with E-state index in [4.69, 9.17) is 0 Å². The molecule has 5 nitrogen and oxygen atoms in total. The highest BCUT2D eigenvalue weighted by Gasteiger charge is 1.99. The van der Waals surface area contributed by atoms with Crippen molar-refractivity contribution in [3.63, 3.8) is 0 Å². The van der Waals surface area contributed by atoms with Gasteiger partial charge in [-0.2, -0.15) is 0 Å². The second-order valence-corrected chi connectivity index (χ2v) is 6.11. The highest BCUT2D eigenvalue weighted by molar-refractivity contribution is 7.09. The number of hydrogen-bond acceptors (Lipinski definition) is 3. The molecule has 0 fully saturated rings. The Hall–Kier alpha value is -1.82. The molecule has 0 saturated carbocycles. The molecule has 0 amide bonds. The molecule has 0 spiro atoms. The fraction of sp³-hybridized carbons (Fsp3) is 0.500. The van der Waals surface area contributed by atoms with Gasteiger partial charge in [-0.3, -0.25) is 0 Å². The van der Waals surface area contributed by atoms with Crippen LogP contribution < -0.4 is 10.6 Å². The smallest absolute Gasteiger partial charge is 0.191 e. The first kappa shape index (κ1) is 16.5. The van der Waals surface area contributed by atoms with Crippen molar-refractivity contribution in [2.24, 2.45) is 4.99 Å². The van der Waals surface area contributed by atoms with Crippen molar-refractivity contribution < 1.29 is 0 Å². The molecule has 2 rings (SSSR count). The van der Waals surface area contributed by atoms with Crippen LogP contribution in [0.3, 0.4) is 0 Å². The number of thiophene rings is 1. The molecule has 0 aliphatic rings. The largest absolute Gasteiger partial charge is 0.357 e. The van der Waals surface area contributed by atoms with Crippen LogP contribution in [0.1, 0.15) is 30.5 Å². The van der Waals surface area contributed by atoms with Crippen molar-refractivity contribution in [2.45, 2.75) is 39.8 Å². The number of nitrogens with zero attached hydrogens (tertiary/aromatic N) is 3. The average Bonchev–Trinajstić information content (AvgIpc) is 3.16. The third kappa shape index (κ3) is 5.52. The van der Waals surface area contributed by atoms with E-state index in [9.17, 15) is 0 Å². The van der Waals surface area contributed by atoms with E-state index in [-0.39, 0.29) is 0 Å². The highest BCUT2D eigenvalue weighted by atomic mass is 32.1. The van der Waals surface area contributed by atoms with E-state index >= 15 is 0 Å². The van der Waals surface area contributed by atoms with Crippen LogP contribution in [0.5, 0.6) is 0 Å². The predicted octanol–water partition coefficient (Wildman–Crippen LogP) is 2.79. The van der Waals surface area contributed by atoms with Crippen LogP contribution in [0, 0.1) is 6.92 Å². The molecule has 0 aromatic carbocycles. The number of aryl methyl sites for hydroxylation is 2. The van der Waals surface area contributed by atoms with Gasteiger partial charge in [0.1, 0.15) is 5.82 Å². The molecule has 120 valence electrons. The molecular weight excluding hydrogens is 294 g/mol. The molecule has 2 aromatic heterocycles. The lowest BCUT2D eigenvalue weighted by molar-refractivity contribution is 0.588. The van der Waals surface area contributed by atoms with E-state index in [1.807, 2.05) is 19.3 Å². The van der Waals surface area contributed by atoms with Crippen LogP contribution in [-0.2, 0) is 13.1 Å². The first-order chi connectivity index (χ1) is 10.8. The molecule has 2 heterocycles. The number of unbranched alkanes of at least 4 members (excludes halogenated alkanes) is 1. The van der Waals surface area contributed by atoms with Crippen LogP contribution in [0.15, 0.2) is 34.9 Å². The first-order valence-electron chi connectivity index (χ1n) is 7.82. The summed E-state index contributed by atoms with van der Waals surface area (Å²) in [5, 5.41) is 8.77. The Morgan fingerprint density at radius 2 is 2.27 bits per heavy atom. The van der Waals surface area contributed by atoms with E-state index in [0.29, 0.717) is 0 Å². The summed E-state index contributed by atoms with van der Waals surface area (Å²) >= 11 is 1.74. The van der Waals surface area contributed by atoms with E-state index in [1.165, 1.54) is 4.88 Å². The van der Waals surface area contributed by atoms with Gasteiger partial charge in [0, 0.05) is 36.9 Å². The second-order valence-electron chi connectivity index (χ2n) is 5.08. The Bertz CT molecular complexity index is 559. The van der Waals surface area contributed by atoms with Crippen LogP contribution >= 0.6 is 11.3 Å². The maximum Gasteiger partial charge on any atom is 0.191 e. The van der Waals surface area contributed by atoms with Crippen LogP contribution in [-0.4, -0.2) is 28.6 Å². The lowest BCUT2D eigenvalue weighted by Gasteiger charge is -2.11. The number of guanidine groups is 1. The van der Waals surface area contributed by atoms with Crippen LogP contribution in [0.2, 0.25) is 0 Å². The monoisotopic (exact) mass is 319 g/mol. The number of aromatic nitrogens is 2. The summed E-state index contributed by atoms with van der Waals surface area (Å²) in [6.45, 7) is 7.70. The minimum atomic E-state index is 0.737. The normalized spacial score (nSPS) is 11.6. The molecular formula is C16H25N5S. The third-order valence-corrected chi connectivity index (χ3v) is 4.22. The van der Waals surface area contributed by atoms with E-state index in [1.54, 1.807) is 11.3 Å². The van der Waals surface area contributed by atoms with Gasteiger partial charge in [0.2, 0.25) is 0 Å². The van der Waals surface area contributed by atoms with Gasteiger partial charge in [0.25, 0.3) is 0 Å². The zero-order valence-electron chi connectivity index (χ0n) is 13.4. The van der Waals surface area contributed by atoms with Crippen molar-refractivity contribution >= 4 is 17.3 Å². The summed E-state index contributed by atoms with van der Waals surface area (Å²) in [5.41, 5.74) is 0. The fourth-order valence-electron chi connectivity index (χ4n) is 2.16. The molecule has 0 atom stereocenters. The lowest BCUT2D eigenvalue weighted by Crippen LogP contribution is -2.37. The summed E-state index contributed by atoms with van der Waals surface area (Å²) in [4.78, 5) is 10.1. The molecule has 0 radical (unpaired) electrons. The standard InChI is InChI=1S/C16H25N5S/c1-3-17-16(20-13-15-7-6-12-22-15)19-8-4-5-10-21-11-9-18-14(21)2/h6-7,9,11-12H,3-5,8,10,13H2,1-2H3,(H2,17,19,20). The SMILES string of the molecule is CCNC(=NCc1cccs1)NCCCCn1ccnc1C. The van der Waals surface area contributed by atoms with Gasteiger partial charge in [-0.15, -0.1) is 11.3 Å².